The first-order chi connectivity index (χ1) is 9.58. The minimum absolute atomic E-state index is 0.00123. The zero-order valence-electron chi connectivity index (χ0n) is 10.4. The lowest BCUT2D eigenvalue weighted by molar-refractivity contribution is -0.384. The highest BCUT2D eigenvalue weighted by Gasteiger charge is 2.07. The fourth-order valence-electron chi connectivity index (χ4n) is 1.77. The molecule has 2 rings (SSSR count). The normalized spacial score (nSPS) is 10.6. The molecule has 20 heavy (non-hydrogen) atoms. The Bertz CT molecular complexity index is 692. The Morgan fingerprint density at radius 2 is 1.85 bits per heavy atom. The van der Waals surface area contributed by atoms with Crippen molar-refractivity contribution in [1.29, 1.82) is 0 Å². The number of aromatic carboxylic acids is 1. The highest BCUT2D eigenvalue weighted by atomic mass is 16.6. The van der Waals surface area contributed by atoms with Gasteiger partial charge in [0.15, 0.2) is 0 Å². The number of benzene rings is 2. The molecule has 0 aliphatic rings. The molecule has 0 aromatic heterocycles. The second-order valence-electron chi connectivity index (χ2n) is 4.08. The van der Waals surface area contributed by atoms with Crippen molar-refractivity contribution in [3.8, 4) is 0 Å². The van der Waals surface area contributed by atoms with Crippen LogP contribution >= 0.6 is 0 Å². The lowest BCUT2D eigenvalue weighted by Gasteiger charge is -2.00. The van der Waals surface area contributed by atoms with Crippen LogP contribution in [0.5, 0.6) is 0 Å². The molecule has 0 aliphatic heterocycles. The van der Waals surface area contributed by atoms with E-state index in [-0.39, 0.29) is 11.3 Å². The van der Waals surface area contributed by atoms with E-state index >= 15 is 0 Å². The summed E-state index contributed by atoms with van der Waals surface area (Å²) in [7, 11) is 0. The first-order valence-electron chi connectivity index (χ1n) is 5.83. The standard InChI is InChI=1S/C15H11NO4/c17-15(18)14-7-2-1-5-12(14)9-8-11-4-3-6-13(10-11)16(19)20/h1-10H,(H,17,18)/b9-8-. The Labute approximate surface area is 115 Å². The van der Waals surface area contributed by atoms with E-state index in [1.54, 1.807) is 42.5 Å². The van der Waals surface area contributed by atoms with E-state index in [0.717, 1.165) is 0 Å². The predicted octanol–water partition coefficient (Wildman–Crippen LogP) is 3.46. The van der Waals surface area contributed by atoms with Crippen LogP contribution in [0.3, 0.4) is 0 Å². The summed E-state index contributed by atoms with van der Waals surface area (Å²) in [4.78, 5) is 21.3. The first-order valence-corrected chi connectivity index (χ1v) is 5.83. The molecule has 0 unspecified atom stereocenters. The van der Waals surface area contributed by atoms with Gasteiger partial charge in [0.1, 0.15) is 0 Å². The van der Waals surface area contributed by atoms with E-state index in [2.05, 4.69) is 0 Å². The molecule has 0 atom stereocenters. The third kappa shape index (κ3) is 3.08. The van der Waals surface area contributed by atoms with Gasteiger partial charge in [0.25, 0.3) is 5.69 Å². The van der Waals surface area contributed by atoms with Gasteiger partial charge >= 0.3 is 5.97 Å². The number of nitro groups is 1. The third-order valence-corrected chi connectivity index (χ3v) is 2.73. The van der Waals surface area contributed by atoms with Gasteiger partial charge in [-0.05, 0) is 17.2 Å². The van der Waals surface area contributed by atoms with Crippen molar-refractivity contribution in [2.45, 2.75) is 0 Å². The molecule has 0 saturated heterocycles. The lowest BCUT2D eigenvalue weighted by atomic mass is 10.1. The van der Waals surface area contributed by atoms with E-state index in [9.17, 15) is 14.9 Å². The molecule has 0 fully saturated rings. The summed E-state index contributed by atoms with van der Waals surface area (Å²) < 4.78 is 0. The number of carboxylic acid groups (broad SMARTS) is 1. The number of carboxylic acids is 1. The molecular weight excluding hydrogens is 258 g/mol. The molecular formula is C15H11NO4. The SMILES string of the molecule is O=C(O)c1ccccc1/C=C\c1cccc([N+](=O)[O-])c1. The van der Waals surface area contributed by atoms with Gasteiger partial charge in [-0.3, -0.25) is 10.1 Å². The number of hydrogen-bond donors (Lipinski definition) is 1. The molecule has 5 heteroatoms. The Kier molecular flexibility index (Phi) is 3.91. The quantitative estimate of drug-likeness (QED) is 0.523. The zero-order chi connectivity index (χ0) is 14.5. The Balaban J connectivity index is 2.32. The van der Waals surface area contributed by atoms with Crippen molar-refractivity contribution in [3.63, 3.8) is 0 Å². The second kappa shape index (κ2) is 5.79. The average molecular weight is 269 g/mol. The topological polar surface area (TPSA) is 80.4 Å². The number of hydrogen-bond acceptors (Lipinski definition) is 3. The molecule has 0 aliphatic carbocycles. The Morgan fingerprint density at radius 1 is 1.10 bits per heavy atom. The fraction of sp³-hybridized carbons (Fsp3) is 0. The van der Waals surface area contributed by atoms with Crippen LogP contribution in [-0.4, -0.2) is 16.0 Å². The number of carbonyl (C=O) groups is 1. The summed E-state index contributed by atoms with van der Waals surface area (Å²) in [6.07, 6.45) is 3.28. The summed E-state index contributed by atoms with van der Waals surface area (Å²) in [6.45, 7) is 0. The van der Waals surface area contributed by atoms with Crippen LogP contribution in [0, 0.1) is 10.1 Å². The maximum Gasteiger partial charge on any atom is 0.336 e. The van der Waals surface area contributed by atoms with Crippen molar-refractivity contribution >= 4 is 23.8 Å². The summed E-state index contributed by atoms with van der Waals surface area (Å²) in [5, 5.41) is 19.7. The van der Waals surface area contributed by atoms with Crippen LogP contribution in [0.15, 0.2) is 48.5 Å². The van der Waals surface area contributed by atoms with Crippen molar-refractivity contribution in [2.24, 2.45) is 0 Å². The molecule has 2 aromatic rings. The molecule has 1 N–H and O–H groups in total. The maximum absolute atomic E-state index is 11.1. The lowest BCUT2D eigenvalue weighted by Crippen LogP contribution is -1.98. The highest BCUT2D eigenvalue weighted by Crippen LogP contribution is 2.17. The van der Waals surface area contributed by atoms with Crippen LogP contribution in [-0.2, 0) is 0 Å². The van der Waals surface area contributed by atoms with Gasteiger partial charge in [-0.15, -0.1) is 0 Å². The van der Waals surface area contributed by atoms with Gasteiger partial charge in [0.2, 0.25) is 0 Å². The Hall–Kier alpha value is -2.95. The summed E-state index contributed by atoms with van der Waals surface area (Å²) in [5.41, 5.74) is 1.37. The molecule has 0 amide bonds. The van der Waals surface area contributed by atoms with Crippen molar-refractivity contribution in [2.75, 3.05) is 0 Å². The number of nitrogens with zero attached hydrogens (tertiary/aromatic N) is 1. The molecule has 2 aromatic carbocycles. The molecule has 0 bridgehead atoms. The van der Waals surface area contributed by atoms with Gasteiger partial charge in [0.05, 0.1) is 10.5 Å². The number of non-ortho nitro benzene ring substituents is 1. The van der Waals surface area contributed by atoms with Gasteiger partial charge < -0.3 is 5.11 Å². The minimum atomic E-state index is -1.01. The van der Waals surface area contributed by atoms with Gasteiger partial charge in [0, 0.05) is 12.1 Å². The maximum atomic E-state index is 11.1. The predicted molar refractivity (Wildman–Crippen MR) is 75.4 cm³/mol. The Morgan fingerprint density at radius 3 is 2.55 bits per heavy atom. The summed E-state index contributed by atoms with van der Waals surface area (Å²) in [5.74, 6) is -1.01. The molecule has 0 heterocycles. The average Bonchev–Trinajstić information content (AvgIpc) is 2.45. The van der Waals surface area contributed by atoms with Crippen LogP contribution in [0.25, 0.3) is 12.2 Å². The monoisotopic (exact) mass is 269 g/mol. The largest absolute Gasteiger partial charge is 0.478 e. The van der Waals surface area contributed by atoms with Crippen LogP contribution < -0.4 is 0 Å². The number of rotatable bonds is 4. The second-order valence-corrected chi connectivity index (χ2v) is 4.08. The minimum Gasteiger partial charge on any atom is -0.478 e. The van der Waals surface area contributed by atoms with E-state index in [1.807, 2.05) is 0 Å². The third-order valence-electron chi connectivity index (χ3n) is 2.73. The van der Waals surface area contributed by atoms with Crippen LogP contribution in [0.2, 0.25) is 0 Å². The first kappa shape index (κ1) is 13.5. The van der Waals surface area contributed by atoms with E-state index in [1.165, 1.54) is 18.2 Å². The van der Waals surface area contributed by atoms with Crippen LogP contribution in [0.1, 0.15) is 21.5 Å². The zero-order valence-corrected chi connectivity index (χ0v) is 10.4. The van der Waals surface area contributed by atoms with Crippen LogP contribution in [0.4, 0.5) is 5.69 Å². The van der Waals surface area contributed by atoms with E-state index in [4.69, 9.17) is 5.11 Å². The van der Waals surface area contributed by atoms with E-state index in [0.29, 0.717) is 11.1 Å². The summed E-state index contributed by atoms with van der Waals surface area (Å²) in [6, 6.07) is 12.7. The molecule has 5 nitrogen and oxygen atoms in total. The van der Waals surface area contributed by atoms with Crippen molar-refractivity contribution < 1.29 is 14.8 Å². The molecule has 0 radical (unpaired) electrons. The fourth-order valence-corrected chi connectivity index (χ4v) is 1.77. The highest BCUT2D eigenvalue weighted by molar-refractivity contribution is 5.93. The van der Waals surface area contributed by atoms with Gasteiger partial charge in [-0.2, -0.15) is 0 Å². The molecule has 100 valence electrons. The molecule has 0 saturated carbocycles. The van der Waals surface area contributed by atoms with E-state index < -0.39 is 10.9 Å². The smallest absolute Gasteiger partial charge is 0.336 e. The van der Waals surface area contributed by atoms with Gasteiger partial charge in [-0.25, -0.2) is 4.79 Å². The van der Waals surface area contributed by atoms with Crippen molar-refractivity contribution in [1.82, 2.24) is 0 Å². The molecule has 0 spiro atoms. The summed E-state index contributed by atoms with van der Waals surface area (Å²) >= 11 is 0. The van der Waals surface area contributed by atoms with Crippen molar-refractivity contribution in [3.05, 3.63) is 75.3 Å². The number of nitro benzene ring substituents is 1. The van der Waals surface area contributed by atoms with Gasteiger partial charge in [-0.1, -0.05) is 42.5 Å².